The molecule has 0 saturated carbocycles. The van der Waals surface area contributed by atoms with Crippen LogP contribution in [-0.4, -0.2) is 61.7 Å². The van der Waals surface area contributed by atoms with Gasteiger partial charge in [-0.15, -0.1) is 0 Å². The van der Waals surface area contributed by atoms with Crippen molar-refractivity contribution in [2.45, 2.75) is 32.1 Å². The van der Waals surface area contributed by atoms with Crippen molar-refractivity contribution in [3.05, 3.63) is 59.1 Å². The molecule has 1 atom stereocenters. The van der Waals surface area contributed by atoms with E-state index in [1.54, 1.807) is 0 Å². The Bertz CT molecular complexity index is 1230. The lowest BCUT2D eigenvalue weighted by atomic mass is 10.1. The summed E-state index contributed by atoms with van der Waals surface area (Å²) in [6, 6.07) is 15.9. The third-order valence-electron chi connectivity index (χ3n) is 7.30. The predicted octanol–water partition coefficient (Wildman–Crippen LogP) is 4.69. The van der Waals surface area contributed by atoms with E-state index in [1.165, 1.54) is 44.5 Å². The lowest BCUT2D eigenvalue weighted by molar-refractivity contribution is -0.121. The first kappa shape index (κ1) is 25.6. The minimum atomic E-state index is -0.227. The van der Waals surface area contributed by atoms with Gasteiger partial charge in [0.25, 0.3) is 0 Å². The van der Waals surface area contributed by atoms with Gasteiger partial charge in [-0.05, 0) is 99.8 Å². The van der Waals surface area contributed by atoms with Gasteiger partial charge in [0.2, 0.25) is 5.91 Å². The van der Waals surface area contributed by atoms with Crippen molar-refractivity contribution >= 4 is 34.2 Å². The van der Waals surface area contributed by atoms with E-state index in [0.29, 0.717) is 24.8 Å². The van der Waals surface area contributed by atoms with Crippen molar-refractivity contribution in [1.29, 1.82) is 0 Å². The molecular weight excluding hydrogens is 488 g/mol. The number of hydrogen-bond acceptors (Lipinski definition) is 6. The molecule has 3 aliphatic heterocycles. The van der Waals surface area contributed by atoms with E-state index in [4.69, 9.17) is 26.8 Å². The summed E-state index contributed by atoms with van der Waals surface area (Å²) in [5.74, 6) is 2.40. The number of aryl methyl sites for hydroxylation is 1. The molecule has 1 amide bonds. The smallest absolute Gasteiger partial charge is 0.222 e. The second-order valence-corrected chi connectivity index (χ2v) is 10.4. The number of ether oxygens (including phenoxy) is 2. The molecule has 2 N–H and O–H groups in total. The number of benzene rings is 2. The number of hydrogen-bond donors (Lipinski definition) is 1. The second kappa shape index (κ2) is 12.0. The number of pyridine rings is 1. The van der Waals surface area contributed by atoms with E-state index in [9.17, 15) is 4.79 Å². The quantitative estimate of drug-likeness (QED) is 0.506. The van der Waals surface area contributed by atoms with Crippen LogP contribution in [-0.2, 0) is 11.2 Å². The summed E-state index contributed by atoms with van der Waals surface area (Å²) in [6.07, 6.45) is 5.93. The van der Waals surface area contributed by atoms with E-state index in [-0.39, 0.29) is 11.8 Å². The standard InChI is InChI=1S/C15H21NO2.C14H14ClN3O/c1-2-8-16(7-1)9-3-4-13-5-6-14-15(12-13)18-11-10-17-14;15-11-2-3-12-9(7-11)1-4-13(17-12)18-6-5-10(8-18)14(16)19/h5-6,12H,1-4,7-11H2;1-4,7,10H,5-6,8H2,(H2,16,19). The highest BCUT2D eigenvalue weighted by Crippen LogP contribution is 2.31. The lowest BCUT2D eigenvalue weighted by Gasteiger charge is -2.19. The average Bonchev–Trinajstić information content (AvgIpc) is 3.62. The number of likely N-dealkylation sites (tertiary alicyclic amines) is 1. The number of aromatic nitrogens is 1. The third kappa shape index (κ3) is 6.65. The van der Waals surface area contributed by atoms with Crippen LogP contribution in [0.15, 0.2) is 48.5 Å². The largest absolute Gasteiger partial charge is 0.486 e. The van der Waals surface area contributed by atoms with Gasteiger partial charge < -0.3 is 25.0 Å². The monoisotopic (exact) mass is 522 g/mol. The molecule has 0 spiro atoms. The first-order valence-corrected chi connectivity index (χ1v) is 13.6. The Morgan fingerprint density at radius 1 is 1.00 bits per heavy atom. The zero-order valence-electron chi connectivity index (χ0n) is 21.2. The van der Waals surface area contributed by atoms with Crippen molar-refractivity contribution < 1.29 is 14.3 Å². The molecule has 2 aromatic carbocycles. The molecule has 7 nitrogen and oxygen atoms in total. The predicted molar refractivity (Wildman–Crippen MR) is 148 cm³/mol. The van der Waals surface area contributed by atoms with E-state index in [1.807, 2.05) is 36.4 Å². The summed E-state index contributed by atoms with van der Waals surface area (Å²) < 4.78 is 11.1. The van der Waals surface area contributed by atoms with Gasteiger partial charge in [0.15, 0.2) is 11.5 Å². The van der Waals surface area contributed by atoms with Crippen LogP contribution >= 0.6 is 11.6 Å². The molecular formula is C29H35ClN4O3. The maximum atomic E-state index is 11.2. The molecule has 0 bridgehead atoms. The SMILES string of the molecule is NC(=O)C1CCN(c2ccc3cc(Cl)ccc3n2)C1.c1cc2c(cc1CCCN1CCCC1)OCCO2. The molecule has 37 heavy (non-hydrogen) atoms. The van der Waals surface area contributed by atoms with Crippen molar-refractivity contribution in [2.24, 2.45) is 11.7 Å². The van der Waals surface area contributed by atoms with Crippen LogP contribution < -0.4 is 20.1 Å². The second-order valence-electron chi connectivity index (χ2n) is 9.97. The normalized spacial score (nSPS) is 19.1. The van der Waals surface area contributed by atoms with Crippen LogP contribution in [0.1, 0.15) is 31.2 Å². The molecule has 0 radical (unpaired) electrons. The Labute approximate surface area is 223 Å². The van der Waals surface area contributed by atoms with Gasteiger partial charge >= 0.3 is 0 Å². The number of nitrogens with two attached hydrogens (primary N) is 1. The first-order chi connectivity index (χ1) is 18.0. The molecule has 3 aliphatic rings. The number of carbonyl (C=O) groups is 1. The number of fused-ring (bicyclic) bond motifs is 2. The Balaban J connectivity index is 0.000000152. The highest BCUT2D eigenvalue weighted by molar-refractivity contribution is 6.31. The maximum absolute atomic E-state index is 11.2. The molecule has 3 aromatic rings. The molecule has 6 rings (SSSR count). The zero-order valence-corrected chi connectivity index (χ0v) is 22.0. The van der Waals surface area contributed by atoms with Crippen LogP contribution in [0.3, 0.4) is 0 Å². The van der Waals surface area contributed by atoms with Crippen LogP contribution in [0.5, 0.6) is 11.5 Å². The van der Waals surface area contributed by atoms with Crippen molar-refractivity contribution in [3.63, 3.8) is 0 Å². The number of amides is 1. The lowest BCUT2D eigenvalue weighted by Crippen LogP contribution is -2.27. The van der Waals surface area contributed by atoms with E-state index >= 15 is 0 Å². The summed E-state index contributed by atoms with van der Waals surface area (Å²) in [5.41, 5.74) is 7.61. The third-order valence-corrected chi connectivity index (χ3v) is 7.53. The fourth-order valence-electron chi connectivity index (χ4n) is 5.22. The number of halogens is 1. The van der Waals surface area contributed by atoms with Gasteiger partial charge in [0.05, 0.1) is 11.4 Å². The first-order valence-electron chi connectivity index (χ1n) is 13.3. The molecule has 0 aliphatic carbocycles. The number of nitrogens with zero attached hydrogens (tertiary/aromatic N) is 3. The van der Waals surface area contributed by atoms with Gasteiger partial charge in [0, 0.05) is 23.5 Å². The van der Waals surface area contributed by atoms with Gasteiger partial charge in [-0.25, -0.2) is 4.98 Å². The van der Waals surface area contributed by atoms with Gasteiger partial charge in [-0.3, -0.25) is 4.79 Å². The molecule has 1 aromatic heterocycles. The summed E-state index contributed by atoms with van der Waals surface area (Å²) in [6.45, 7) is 6.63. The summed E-state index contributed by atoms with van der Waals surface area (Å²) in [5, 5.41) is 1.72. The Morgan fingerprint density at radius 2 is 1.81 bits per heavy atom. The van der Waals surface area contributed by atoms with Crippen LogP contribution in [0.25, 0.3) is 10.9 Å². The number of carbonyl (C=O) groups excluding carboxylic acids is 1. The minimum Gasteiger partial charge on any atom is -0.486 e. The Hall–Kier alpha value is -3.03. The minimum absolute atomic E-state index is 0.0669. The fourth-order valence-corrected chi connectivity index (χ4v) is 5.40. The highest BCUT2D eigenvalue weighted by atomic mass is 35.5. The molecule has 2 saturated heterocycles. The maximum Gasteiger partial charge on any atom is 0.222 e. The van der Waals surface area contributed by atoms with E-state index in [0.717, 1.165) is 47.6 Å². The van der Waals surface area contributed by atoms with E-state index in [2.05, 4.69) is 26.9 Å². The number of rotatable bonds is 6. The number of anilines is 1. The molecule has 4 heterocycles. The van der Waals surface area contributed by atoms with Crippen molar-refractivity contribution in [1.82, 2.24) is 9.88 Å². The van der Waals surface area contributed by atoms with E-state index < -0.39 is 0 Å². The Kier molecular flexibility index (Phi) is 8.31. The summed E-state index contributed by atoms with van der Waals surface area (Å²) in [4.78, 5) is 20.5. The van der Waals surface area contributed by atoms with Crippen LogP contribution in [0.4, 0.5) is 5.82 Å². The molecule has 8 heteroatoms. The van der Waals surface area contributed by atoms with Crippen LogP contribution in [0.2, 0.25) is 5.02 Å². The molecule has 2 fully saturated rings. The highest BCUT2D eigenvalue weighted by Gasteiger charge is 2.27. The van der Waals surface area contributed by atoms with Gasteiger partial charge in [-0.2, -0.15) is 0 Å². The number of primary amides is 1. The van der Waals surface area contributed by atoms with Gasteiger partial charge in [-0.1, -0.05) is 17.7 Å². The zero-order chi connectivity index (χ0) is 25.6. The van der Waals surface area contributed by atoms with Crippen molar-refractivity contribution in [3.8, 4) is 11.5 Å². The molecule has 1 unspecified atom stereocenters. The van der Waals surface area contributed by atoms with Crippen molar-refractivity contribution in [2.75, 3.05) is 50.8 Å². The topological polar surface area (TPSA) is 80.9 Å². The van der Waals surface area contributed by atoms with Gasteiger partial charge in [0.1, 0.15) is 19.0 Å². The summed E-state index contributed by atoms with van der Waals surface area (Å²) >= 11 is 5.95. The Morgan fingerprint density at radius 3 is 2.59 bits per heavy atom. The summed E-state index contributed by atoms with van der Waals surface area (Å²) in [7, 11) is 0. The average molecular weight is 523 g/mol. The van der Waals surface area contributed by atoms with Crippen LogP contribution in [0, 0.1) is 5.92 Å². The molecule has 196 valence electrons. The fraction of sp³-hybridized carbons (Fsp3) is 0.448.